The monoisotopic (exact) mass is 718 g/mol. The van der Waals surface area contributed by atoms with Crippen molar-refractivity contribution < 1.29 is 38.8 Å². The van der Waals surface area contributed by atoms with Crippen molar-refractivity contribution in [2.45, 2.75) is 56.9 Å². The summed E-state index contributed by atoms with van der Waals surface area (Å²) in [5, 5.41) is 37.0. The van der Waals surface area contributed by atoms with Gasteiger partial charge in [-0.25, -0.2) is 9.52 Å². The lowest BCUT2D eigenvalue weighted by atomic mass is 9.79. The molecule has 5 rings (SSSR count). The number of ether oxygens (including phenoxy) is 2. The summed E-state index contributed by atoms with van der Waals surface area (Å²) < 4.78 is 13.1. The number of likely N-dealkylation sites (N-methyl/N-ethyl adjacent to an activating group) is 1. The average Bonchev–Trinajstić information content (AvgIpc) is 3.55. The summed E-state index contributed by atoms with van der Waals surface area (Å²) in [6.07, 6.45) is 0.0823. The van der Waals surface area contributed by atoms with Crippen molar-refractivity contribution in [1.29, 1.82) is 0 Å². The van der Waals surface area contributed by atoms with E-state index in [1.807, 2.05) is 6.92 Å². The number of rotatable bonds is 14. The molecule has 2 aromatic carbocycles. The Balaban J connectivity index is 0.000000350. The van der Waals surface area contributed by atoms with E-state index in [9.17, 15) is 39.7 Å². The van der Waals surface area contributed by atoms with Crippen molar-refractivity contribution in [3.05, 3.63) is 90.5 Å². The van der Waals surface area contributed by atoms with Crippen LogP contribution in [0.2, 0.25) is 0 Å². The number of carbonyl (C=O) groups is 3. The lowest BCUT2D eigenvalue weighted by Gasteiger charge is -2.46. The Hall–Kier alpha value is -4.07. The lowest BCUT2D eigenvalue weighted by molar-refractivity contribution is -0.385. The van der Waals surface area contributed by atoms with Gasteiger partial charge in [0, 0.05) is 71.6 Å². The third-order valence-corrected chi connectivity index (χ3v) is 10.5. The van der Waals surface area contributed by atoms with Gasteiger partial charge in [0.2, 0.25) is 5.91 Å². The number of hydrogen-bond acceptors (Lipinski definition) is 15. The summed E-state index contributed by atoms with van der Waals surface area (Å²) in [6, 6.07) is 11.6. The minimum atomic E-state index is -0.815. The molecule has 3 aliphatic rings. The van der Waals surface area contributed by atoms with Gasteiger partial charge in [0.25, 0.3) is 17.8 Å². The third kappa shape index (κ3) is 8.94. The van der Waals surface area contributed by atoms with Crippen LogP contribution in [0, 0.1) is 32.1 Å². The zero-order chi connectivity index (χ0) is 35.8. The molecule has 2 aromatic rings. The molecule has 0 spiro atoms. The Bertz CT molecular complexity index is 1560. The number of fused-ring (bicyclic) bond motifs is 1. The van der Waals surface area contributed by atoms with Gasteiger partial charge >= 0.3 is 5.97 Å². The fourth-order valence-electron chi connectivity index (χ4n) is 6.12. The fourth-order valence-corrected chi connectivity index (χ4v) is 8.04. The molecule has 1 amide bonds. The van der Waals surface area contributed by atoms with Crippen LogP contribution in [0.4, 0.5) is 11.4 Å². The molecule has 6 atom stereocenters. The molecule has 3 heterocycles. The Morgan fingerprint density at radius 2 is 1.67 bits per heavy atom. The number of likely N-dealkylation sites (tertiary alicyclic amines) is 1. The van der Waals surface area contributed by atoms with Crippen LogP contribution in [0.25, 0.3) is 0 Å². The second-order valence-corrected chi connectivity index (χ2v) is 13.7. The molecule has 0 saturated carbocycles. The maximum absolute atomic E-state index is 13.3. The molecule has 49 heavy (non-hydrogen) atoms. The van der Waals surface area contributed by atoms with Crippen LogP contribution in [0.3, 0.4) is 0 Å². The molecule has 2 saturated heterocycles. The van der Waals surface area contributed by atoms with E-state index in [1.165, 1.54) is 41.3 Å². The van der Waals surface area contributed by atoms with Crippen LogP contribution in [0.1, 0.15) is 31.4 Å². The Morgan fingerprint density at radius 3 is 2.18 bits per heavy atom. The van der Waals surface area contributed by atoms with Crippen LogP contribution in [-0.2, 0) is 37.1 Å². The Morgan fingerprint density at radius 1 is 1.10 bits per heavy atom. The molecule has 0 aliphatic carbocycles. The second kappa shape index (κ2) is 17.0. The SMILES string of the molecule is C[C@H]1C(S[C@H]2C[C@@H](CNSN)N(C)C2)=C(C(=O)OCc2ccc([N+](=O)[O-])cc2)N2C(=O)[C@H]([C@@H](C)O)C12.O=COCc1ccc([N+](=O)[O-])cc1. The number of nitrogens with one attached hydrogen (secondary N) is 1. The number of aliphatic hydroxyl groups excluding tert-OH is 1. The van der Waals surface area contributed by atoms with Gasteiger partial charge in [0.05, 0.1) is 27.9 Å². The fraction of sp³-hybridized carbons (Fsp3) is 0.452. The topological polar surface area (TPSA) is 221 Å². The lowest BCUT2D eigenvalue weighted by Crippen LogP contribution is -2.63. The van der Waals surface area contributed by atoms with Crippen LogP contribution in [0.5, 0.6) is 0 Å². The van der Waals surface area contributed by atoms with Gasteiger partial charge in [-0.15, -0.1) is 11.8 Å². The van der Waals surface area contributed by atoms with Crippen LogP contribution >= 0.6 is 23.9 Å². The first-order chi connectivity index (χ1) is 23.4. The van der Waals surface area contributed by atoms with Gasteiger partial charge in [-0.05, 0) is 55.8 Å². The molecule has 4 N–H and O–H groups in total. The van der Waals surface area contributed by atoms with Crippen LogP contribution < -0.4 is 9.86 Å². The summed E-state index contributed by atoms with van der Waals surface area (Å²) in [4.78, 5) is 60.8. The zero-order valence-corrected chi connectivity index (χ0v) is 28.6. The Kier molecular flexibility index (Phi) is 13.1. The summed E-state index contributed by atoms with van der Waals surface area (Å²) in [5.41, 5.74) is 1.55. The van der Waals surface area contributed by atoms with Crippen LogP contribution in [-0.4, -0.2) is 86.7 Å². The highest BCUT2D eigenvalue weighted by Gasteiger charge is 2.60. The number of nitrogens with zero attached hydrogens (tertiary/aromatic N) is 4. The first-order valence-corrected chi connectivity index (χ1v) is 17.0. The number of nitro benzene ring substituents is 2. The average molecular weight is 719 g/mol. The zero-order valence-electron chi connectivity index (χ0n) is 27.0. The van der Waals surface area contributed by atoms with Gasteiger partial charge in [-0.1, -0.05) is 6.92 Å². The largest absolute Gasteiger partial charge is 0.463 e. The first-order valence-electron chi connectivity index (χ1n) is 15.3. The first kappa shape index (κ1) is 37.7. The van der Waals surface area contributed by atoms with E-state index in [2.05, 4.69) is 21.4 Å². The second-order valence-electron chi connectivity index (χ2n) is 11.8. The number of non-ortho nitro benzene ring substituents is 2. The molecule has 1 unspecified atom stereocenters. The predicted molar refractivity (Wildman–Crippen MR) is 181 cm³/mol. The smallest absolute Gasteiger partial charge is 0.356 e. The summed E-state index contributed by atoms with van der Waals surface area (Å²) in [5.74, 6) is -1.55. The molecule has 2 fully saturated rings. The molecule has 0 bridgehead atoms. The van der Waals surface area contributed by atoms with E-state index in [-0.39, 0.29) is 53.4 Å². The highest BCUT2D eigenvalue weighted by Crippen LogP contribution is 2.52. The van der Waals surface area contributed by atoms with Crippen LogP contribution in [0.15, 0.2) is 59.1 Å². The highest BCUT2D eigenvalue weighted by atomic mass is 32.2. The van der Waals surface area contributed by atoms with Gasteiger partial charge in [0.15, 0.2) is 0 Å². The number of nitro groups is 2. The molecule has 3 aliphatic heterocycles. The number of thioether (sulfide) groups is 1. The summed E-state index contributed by atoms with van der Waals surface area (Å²) in [6.45, 7) is 5.56. The molecular formula is C31H38N6O10S2. The van der Waals surface area contributed by atoms with Gasteiger partial charge in [0.1, 0.15) is 18.9 Å². The molecule has 18 heteroatoms. The predicted octanol–water partition coefficient (Wildman–Crippen LogP) is 2.89. The van der Waals surface area contributed by atoms with Gasteiger partial charge in [-0.2, -0.15) is 0 Å². The number of nitrogens with two attached hydrogens (primary N) is 1. The standard InChI is InChI=1S/C23H31N5O6S2.C8H7NO4/c1-12-19-18(13(2)29)22(30)27(19)20(21(12)35-17-8-16(9-25-36-24)26(3)10-17)23(31)34-11-14-4-6-15(7-5-14)28(32)33;10-6-13-5-7-1-3-8(4-2-7)9(11)12/h4-7,12-13,16-19,25,29H,8-11,24H2,1-3H3;1-4,6H,5H2/t12-,13-,16+,17+,18-,19?;/m1./s1. The van der Waals surface area contributed by atoms with Crippen molar-refractivity contribution in [3.8, 4) is 0 Å². The van der Waals surface area contributed by atoms with Crippen molar-refractivity contribution in [2.75, 3.05) is 20.1 Å². The molecule has 16 nitrogen and oxygen atoms in total. The summed E-state index contributed by atoms with van der Waals surface area (Å²) in [7, 11) is 2.06. The number of aliphatic hydroxyl groups is 1. The minimum absolute atomic E-state index is 0.0230. The molecule has 0 radical (unpaired) electrons. The third-order valence-electron chi connectivity index (χ3n) is 8.63. The maximum Gasteiger partial charge on any atom is 0.356 e. The van der Waals surface area contributed by atoms with Gasteiger partial charge < -0.3 is 24.4 Å². The summed E-state index contributed by atoms with van der Waals surface area (Å²) >= 11 is 2.70. The number of β-lactam (4-membered cyclic amide) rings is 1. The minimum Gasteiger partial charge on any atom is -0.463 e. The number of hydrogen-bond donors (Lipinski definition) is 3. The normalized spacial score (nSPS) is 23.6. The van der Waals surface area contributed by atoms with Crippen molar-refractivity contribution in [3.63, 3.8) is 0 Å². The maximum atomic E-state index is 13.3. The van der Waals surface area contributed by atoms with Crippen molar-refractivity contribution in [2.24, 2.45) is 17.0 Å². The van der Waals surface area contributed by atoms with Crippen molar-refractivity contribution >= 4 is 53.6 Å². The number of benzene rings is 2. The van der Waals surface area contributed by atoms with E-state index in [0.29, 0.717) is 18.1 Å². The molecular weight excluding hydrogens is 681 g/mol. The van der Waals surface area contributed by atoms with Crippen molar-refractivity contribution in [1.82, 2.24) is 14.5 Å². The van der Waals surface area contributed by atoms with Gasteiger partial charge in [-0.3, -0.25) is 35.0 Å². The molecule has 264 valence electrons. The molecule has 0 aromatic heterocycles. The van der Waals surface area contributed by atoms with E-state index in [1.54, 1.807) is 30.8 Å². The number of amides is 1. The number of esters is 1. The van der Waals surface area contributed by atoms with E-state index in [0.717, 1.165) is 42.1 Å². The van der Waals surface area contributed by atoms with E-state index < -0.39 is 27.8 Å². The Labute approximate surface area is 290 Å². The quantitative estimate of drug-likeness (QED) is 0.0638. The van der Waals surface area contributed by atoms with E-state index >= 15 is 0 Å². The van der Waals surface area contributed by atoms with E-state index in [4.69, 9.17) is 9.88 Å². The highest BCUT2D eigenvalue weighted by molar-refractivity contribution is 8.03. The number of carbonyl (C=O) groups excluding carboxylic acids is 3.